The van der Waals surface area contributed by atoms with Gasteiger partial charge in [0.15, 0.2) is 0 Å². The molecular weight excluding hydrogens is 290 g/mol. The number of rotatable bonds is 4. The Labute approximate surface area is 135 Å². The van der Waals surface area contributed by atoms with Crippen LogP contribution in [-0.2, 0) is 13.1 Å². The number of amides is 1. The van der Waals surface area contributed by atoms with Gasteiger partial charge in [-0.3, -0.25) is 9.48 Å². The molecule has 0 aliphatic heterocycles. The maximum atomic E-state index is 12.8. The van der Waals surface area contributed by atoms with Crippen LogP contribution in [0.2, 0.25) is 0 Å². The third-order valence-corrected chi connectivity index (χ3v) is 4.05. The minimum Gasteiger partial charge on any atom is -0.336 e. The maximum absolute atomic E-state index is 12.8. The zero-order valence-corrected chi connectivity index (χ0v) is 13.9. The van der Waals surface area contributed by atoms with E-state index in [4.69, 9.17) is 0 Å². The lowest BCUT2D eigenvalue weighted by molar-refractivity contribution is 0.0782. The van der Waals surface area contributed by atoms with E-state index >= 15 is 0 Å². The van der Waals surface area contributed by atoms with Crippen molar-refractivity contribution < 1.29 is 4.79 Å². The van der Waals surface area contributed by atoms with Crippen molar-refractivity contribution in [3.63, 3.8) is 0 Å². The Morgan fingerprint density at radius 1 is 1.30 bits per heavy atom. The van der Waals surface area contributed by atoms with Gasteiger partial charge in [-0.1, -0.05) is 6.07 Å². The number of nitrogens with zero attached hydrogens (tertiary/aromatic N) is 5. The normalized spacial score (nSPS) is 11.1. The van der Waals surface area contributed by atoms with Crippen LogP contribution in [0.5, 0.6) is 0 Å². The summed E-state index contributed by atoms with van der Waals surface area (Å²) < 4.78 is 3.82. The van der Waals surface area contributed by atoms with Crippen molar-refractivity contribution in [1.29, 1.82) is 0 Å². The Bertz CT molecular complexity index is 828. The molecule has 6 nitrogen and oxygen atoms in total. The van der Waals surface area contributed by atoms with Crippen molar-refractivity contribution in [2.24, 2.45) is 0 Å². The van der Waals surface area contributed by atoms with E-state index in [0.29, 0.717) is 12.1 Å². The number of fused-ring (bicyclic) bond motifs is 1. The van der Waals surface area contributed by atoms with Crippen LogP contribution < -0.4 is 0 Å². The van der Waals surface area contributed by atoms with Crippen molar-refractivity contribution in [3.05, 3.63) is 53.2 Å². The van der Waals surface area contributed by atoms with Crippen molar-refractivity contribution >= 4 is 11.6 Å². The van der Waals surface area contributed by atoms with Crippen LogP contribution in [0.4, 0.5) is 0 Å². The largest absolute Gasteiger partial charge is 0.336 e. The molecule has 120 valence electrons. The Hall–Kier alpha value is -2.63. The van der Waals surface area contributed by atoms with Gasteiger partial charge in [0.25, 0.3) is 5.91 Å². The Morgan fingerprint density at radius 2 is 2.09 bits per heavy atom. The average molecular weight is 311 g/mol. The van der Waals surface area contributed by atoms with Gasteiger partial charge in [-0.15, -0.1) is 0 Å². The van der Waals surface area contributed by atoms with E-state index in [2.05, 4.69) is 10.1 Å². The van der Waals surface area contributed by atoms with Crippen LogP contribution in [0, 0.1) is 13.8 Å². The zero-order valence-electron chi connectivity index (χ0n) is 13.9. The predicted molar refractivity (Wildman–Crippen MR) is 88.4 cm³/mol. The Kier molecular flexibility index (Phi) is 3.90. The number of pyridine rings is 1. The third-order valence-electron chi connectivity index (χ3n) is 4.05. The predicted octanol–water partition coefficient (Wildman–Crippen LogP) is 2.44. The van der Waals surface area contributed by atoms with Crippen LogP contribution >= 0.6 is 0 Å². The van der Waals surface area contributed by atoms with Gasteiger partial charge in [0.05, 0.1) is 23.5 Å². The molecule has 0 fully saturated rings. The molecule has 0 bridgehead atoms. The summed E-state index contributed by atoms with van der Waals surface area (Å²) in [7, 11) is 1.80. The Balaban J connectivity index is 1.84. The lowest BCUT2D eigenvalue weighted by Gasteiger charge is -2.16. The van der Waals surface area contributed by atoms with Crippen molar-refractivity contribution in [2.75, 3.05) is 7.05 Å². The first-order chi connectivity index (χ1) is 11.0. The molecule has 0 spiro atoms. The number of carbonyl (C=O) groups excluding carboxylic acids is 1. The third kappa shape index (κ3) is 2.72. The molecule has 0 aliphatic rings. The summed E-state index contributed by atoms with van der Waals surface area (Å²) in [6.45, 7) is 7.07. The summed E-state index contributed by atoms with van der Waals surface area (Å²) in [5.74, 6) is -0.0169. The van der Waals surface area contributed by atoms with E-state index in [1.165, 1.54) is 0 Å². The highest BCUT2D eigenvalue weighted by Crippen LogP contribution is 2.16. The summed E-state index contributed by atoms with van der Waals surface area (Å²) in [6.07, 6.45) is 3.90. The van der Waals surface area contributed by atoms with E-state index in [9.17, 15) is 4.79 Å². The molecule has 6 heteroatoms. The highest BCUT2D eigenvalue weighted by molar-refractivity contribution is 5.96. The van der Waals surface area contributed by atoms with E-state index < -0.39 is 0 Å². The second kappa shape index (κ2) is 5.87. The molecule has 0 aliphatic carbocycles. The molecule has 0 radical (unpaired) electrons. The Morgan fingerprint density at radius 3 is 2.74 bits per heavy atom. The molecule has 1 amide bonds. The van der Waals surface area contributed by atoms with E-state index in [0.717, 1.165) is 29.3 Å². The highest BCUT2D eigenvalue weighted by Gasteiger charge is 2.21. The first-order valence-corrected chi connectivity index (χ1v) is 7.73. The second-order valence-electron chi connectivity index (χ2n) is 5.72. The average Bonchev–Trinajstić information content (AvgIpc) is 3.06. The van der Waals surface area contributed by atoms with Gasteiger partial charge in [0.1, 0.15) is 5.65 Å². The van der Waals surface area contributed by atoms with Crippen molar-refractivity contribution in [3.8, 4) is 0 Å². The first-order valence-electron chi connectivity index (χ1n) is 7.73. The van der Waals surface area contributed by atoms with E-state index in [1.54, 1.807) is 11.9 Å². The monoisotopic (exact) mass is 311 g/mol. The first kappa shape index (κ1) is 15.3. The molecule has 0 aromatic carbocycles. The van der Waals surface area contributed by atoms with Gasteiger partial charge >= 0.3 is 0 Å². The molecule has 3 rings (SSSR count). The quantitative estimate of drug-likeness (QED) is 0.743. The number of hydrogen-bond acceptors (Lipinski definition) is 3. The van der Waals surface area contributed by atoms with Crippen LogP contribution in [0.3, 0.4) is 0 Å². The topological polar surface area (TPSA) is 55.4 Å². The number of imidazole rings is 1. The van der Waals surface area contributed by atoms with Gasteiger partial charge in [0.2, 0.25) is 0 Å². The van der Waals surface area contributed by atoms with Crippen molar-refractivity contribution in [2.45, 2.75) is 33.9 Å². The molecule has 0 N–H and O–H groups in total. The van der Waals surface area contributed by atoms with Crippen LogP contribution in [0.1, 0.15) is 34.4 Å². The van der Waals surface area contributed by atoms with Gasteiger partial charge in [0, 0.05) is 31.7 Å². The van der Waals surface area contributed by atoms with Crippen LogP contribution in [0.15, 0.2) is 30.6 Å². The summed E-state index contributed by atoms with van der Waals surface area (Å²) in [4.78, 5) is 19.0. The minimum atomic E-state index is -0.0169. The fourth-order valence-corrected chi connectivity index (χ4v) is 2.88. The molecule has 23 heavy (non-hydrogen) atoms. The molecule has 3 heterocycles. The van der Waals surface area contributed by atoms with Crippen LogP contribution in [-0.4, -0.2) is 37.0 Å². The van der Waals surface area contributed by atoms with Gasteiger partial charge in [-0.05, 0) is 32.9 Å². The summed E-state index contributed by atoms with van der Waals surface area (Å²) >= 11 is 0. The lowest BCUT2D eigenvalue weighted by Crippen LogP contribution is -2.27. The van der Waals surface area contributed by atoms with E-state index in [-0.39, 0.29) is 5.91 Å². The fraction of sp³-hybridized carbons (Fsp3) is 0.353. The standard InChI is InChI=1S/C17H21N5O/c1-5-22-13(3)16(12(2)19-22)17(23)20(4)10-14-11-21-9-7-6-8-15(21)18-14/h6-9,11H,5,10H2,1-4H3. The van der Waals surface area contributed by atoms with E-state index in [1.807, 2.05) is 60.4 Å². The molecule has 3 aromatic heterocycles. The number of carbonyl (C=O) groups is 1. The molecule has 0 saturated heterocycles. The minimum absolute atomic E-state index is 0.0169. The fourth-order valence-electron chi connectivity index (χ4n) is 2.88. The SMILES string of the molecule is CCn1nc(C)c(C(=O)N(C)Cc2cn3ccccc3n2)c1C. The molecule has 0 saturated carbocycles. The molecular formula is C17H21N5O. The molecule has 0 atom stereocenters. The summed E-state index contributed by atoms with van der Waals surface area (Å²) in [5, 5.41) is 4.42. The van der Waals surface area contributed by atoms with Gasteiger partial charge < -0.3 is 9.30 Å². The van der Waals surface area contributed by atoms with Gasteiger partial charge in [-0.2, -0.15) is 5.10 Å². The smallest absolute Gasteiger partial charge is 0.257 e. The molecule has 0 unspecified atom stereocenters. The maximum Gasteiger partial charge on any atom is 0.257 e. The highest BCUT2D eigenvalue weighted by atomic mass is 16.2. The van der Waals surface area contributed by atoms with Crippen molar-refractivity contribution in [1.82, 2.24) is 24.1 Å². The number of aryl methyl sites for hydroxylation is 2. The van der Waals surface area contributed by atoms with Crippen LogP contribution in [0.25, 0.3) is 5.65 Å². The summed E-state index contributed by atoms with van der Waals surface area (Å²) in [5.41, 5.74) is 4.13. The van der Waals surface area contributed by atoms with Gasteiger partial charge in [-0.25, -0.2) is 4.98 Å². The number of aromatic nitrogens is 4. The number of hydrogen-bond donors (Lipinski definition) is 0. The molecule has 3 aromatic rings. The second-order valence-corrected chi connectivity index (χ2v) is 5.72. The zero-order chi connectivity index (χ0) is 16.6. The summed E-state index contributed by atoms with van der Waals surface area (Å²) in [6, 6.07) is 5.86. The lowest BCUT2D eigenvalue weighted by atomic mass is 10.1.